The summed E-state index contributed by atoms with van der Waals surface area (Å²) in [6.07, 6.45) is -0.571. The van der Waals surface area contributed by atoms with Crippen molar-refractivity contribution in [2.45, 2.75) is 33.4 Å². The molecule has 1 aromatic carbocycles. The van der Waals surface area contributed by atoms with Crippen molar-refractivity contribution >= 4 is 5.82 Å². The Morgan fingerprint density at radius 3 is 2.48 bits per heavy atom. The third-order valence-electron chi connectivity index (χ3n) is 4.25. The molecule has 0 radical (unpaired) electrons. The Hall–Kier alpha value is -2.05. The van der Waals surface area contributed by atoms with Gasteiger partial charge in [0.05, 0.1) is 5.69 Å². The van der Waals surface area contributed by atoms with Crippen molar-refractivity contribution < 1.29 is 9.84 Å². The van der Waals surface area contributed by atoms with Crippen molar-refractivity contribution in [3.63, 3.8) is 0 Å². The van der Waals surface area contributed by atoms with Gasteiger partial charge in [0.15, 0.2) is 0 Å². The van der Waals surface area contributed by atoms with E-state index in [-0.39, 0.29) is 6.61 Å². The van der Waals surface area contributed by atoms with Crippen LogP contribution in [0.1, 0.15) is 22.4 Å². The minimum atomic E-state index is -0.571. The zero-order chi connectivity index (χ0) is 18.6. The van der Waals surface area contributed by atoms with Gasteiger partial charge in [-0.3, -0.25) is 4.68 Å². The standard InChI is InChI=1S/C19H30N4O2/c1-13-8-7-9-14(2)18(13)25-12-16(24)10-20-11-17-15(3)21-23(6)19(17)22(4)5/h7-9,16,20,24H,10-12H2,1-6H3/t16-/m0/s1. The van der Waals surface area contributed by atoms with Crippen molar-refractivity contribution in [2.24, 2.45) is 7.05 Å². The first-order chi connectivity index (χ1) is 11.8. The van der Waals surface area contributed by atoms with Crippen molar-refractivity contribution in [3.8, 4) is 5.75 Å². The molecule has 1 heterocycles. The van der Waals surface area contributed by atoms with Crippen LogP contribution in [-0.2, 0) is 13.6 Å². The number of ether oxygens (including phenoxy) is 1. The van der Waals surface area contributed by atoms with E-state index in [1.807, 2.05) is 64.8 Å². The maximum atomic E-state index is 10.2. The summed E-state index contributed by atoms with van der Waals surface area (Å²) < 4.78 is 7.69. The van der Waals surface area contributed by atoms with Gasteiger partial charge in [0, 0.05) is 39.8 Å². The Balaban J connectivity index is 1.86. The summed E-state index contributed by atoms with van der Waals surface area (Å²) >= 11 is 0. The van der Waals surface area contributed by atoms with E-state index in [4.69, 9.17) is 4.74 Å². The fraction of sp³-hybridized carbons (Fsp3) is 0.526. The van der Waals surface area contributed by atoms with Crippen LogP contribution >= 0.6 is 0 Å². The van der Waals surface area contributed by atoms with E-state index >= 15 is 0 Å². The second kappa shape index (κ2) is 8.36. The van der Waals surface area contributed by atoms with Crippen molar-refractivity contribution in [2.75, 3.05) is 32.1 Å². The van der Waals surface area contributed by atoms with Gasteiger partial charge in [0.25, 0.3) is 0 Å². The number of hydrogen-bond acceptors (Lipinski definition) is 5. The van der Waals surface area contributed by atoms with E-state index in [0.29, 0.717) is 13.1 Å². The Morgan fingerprint density at radius 1 is 1.24 bits per heavy atom. The smallest absolute Gasteiger partial charge is 0.130 e. The number of anilines is 1. The van der Waals surface area contributed by atoms with Gasteiger partial charge in [0.2, 0.25) is 0 Å². The second-order valence-electron chi connectivity index (χ2n) is 6.72. The van der Waals surface area contributed by atoms with Crippen LogP contribution in [-0.4, -0.2) is 48.2 Å². The number of hydrogen-bond donors (Lipinski definition) is 2. The highest BCUT2D eigenvalue weighted by Crippen LogP contribution is 2.23. The number of nitrogens with one attached hydrogen (secondary N) is 1. The average molecular weight is 346 g/mol. The lowest BCUT2D eigenvalue weighted by atomic mass is 10.1. The lowest BCUT2D eigenvalue weighted by molar-refractivity contribution is 0.105. The number of para-hydroxylation sites is 1. The van der Waals surface area contributed by atoms with Gasteiger partial charge in [0.1, 0.15) is 24.3 Å². The molecule has 0 aliphatic rings. The Bertz CT molecular complexity index is 689. The van der Waals surface area contributed by atoms with Crippen LogP contribution in [0.5, 0.6) is 5.75 Å². The molecule has 0 aliphatic carbocycles. The number of rotatable bonds is 8. The average Bonchev–Trinajstić information content (AvgIpc) is 2.81. The van der Waals surface area contributed by atoms with Crippen LogP contribution < -0.4 is 15.0 Å². The number of nitrogens with zero attached hydrogens (tertiary/aromatic N) is 3. The lowest BCUT2D eigenvalue weighted by Gasteiger charge is -2.18. The van der Waals surface area contributed by atoms with E-state index in [1.54, 1.807) is 0 Å². The van der Waals surface area contributed by atoms with E-state index in [0.717, 1.165) is 34.0 Å². The Morgan fingerprint density at radius 2 is 1.88 bits per heavy atom. The summed E-state index contributed by atoms with van der Waals surface area (Å²) in [6, 6.07) is 6.04. The Labute approximate surface area is 150 Å². The molecule has 1 atom stereocenters. The maximum Gasteiger partial charge on any atom is 0.130 e. The normalized spacial score (nSPS) is 12.3. The SMILES string of the molecule is Cc1cccc(C)c1OC[C@@H](O)CNCc1c(C)nn(C)c1N(C)C. The van der Waals surface area contributed by atoms with Crippen LogP contribution in [0, 0.1) is 20.8 Å². The van der Waals surface area contributed by atoms with Crippen LogP contribution in [0.2, 0.25) is 0 Å². The number of benzene rings is 1. The molecule has 0 spiro atoms. The molecule has 6 nitrogen and oxygen atoms in total. The molecule has 25 heavy (non-hydrogen) atoms. The number of aliphatic hydroxyl groups is 1. The Kier molecular flexibility index (Phi) is 6.45. The van der Waals surface area contributed by atoms with Gasteiger partial charge < -0.3 is 20.1 Å². The van der Waals surface area contributed by atoms with Gasteiger partial charge >= 0.3 is 0 Å². The third kappa shape index (κ3) is 4.74. The number of aliphatic hydroxyl groups excluding tert-OH is 1. The number of aromatic nitrogens is 2. The summed E-state index contributed by atoms with van der Waals surface area (Å²) in [7, 11) is 5.96. The van der Waals surface area contributed by atoms with Crippen molar-refractivity contribution in [3.05, 3.63) is 40.6 Å². The molecule has 0 unspecified atom stereocenters. The van der Waals surface area contributed by atoms with Crippen LogP contribution in [0.15, 0.2) is 18.2 Å². The summed E-state index contributed by atoms with van der Waals surface area (Å²) in [5, 5.41) is 18.0. The van der Waals surface area contributed by atoms with E-state index < -0.39 is 6.10 Å². The molecule has 138 valence electrons. The van der Waals surface area contributed by atoms with E-state index in [2.05, 4.69) is 15.3 Å². The summed E-state index contributed by atoms with van der Waals surface area (Å²) in [6.45, 7) is 7.43. The largest absolute Gasteiger partial charge is 0.490 e. The quantitative estimate of drug-likeness (QED) is 0.765. The molecule has 0 saturated heterocycles. The van der Waals surface area contributed by atoms with E-state index in [1.165, 1.54) is 0 Å². The minimum absolute atomic E-state index is 0.269. The monoisotopic (exact) mass is 346 g/mol. The van der Waals surface area contributed by atoms with Gasteiger partial charge in [-0.15, -0.1) is 0 Å². The first kappa shape index (κ1) is 19.3. The lowest BCUT2D eigenvalue weighted by Crippen LogP contribution is -2.31. The first-order valence-electron chi connectivity index (χ1n) is 8.58. The number of aryl methyl sites for hydroxylation is 4. The van der Waals surface area contributed by atoms with Crippen molar-refractivity contribution in [1.29, 1.82) is 0 Å². The topological polar surface area (TPSA) is 62.6 Å². The molecule has 0 amide bonds. The molecule has 0 aliphatic heterocycles. The molecule has 2 N–H and O–H groups in total. The van der Waals surface area contributed by atoms with Crippen LogP contribution in [0.4, 0.5) is 5.82 Å². The van der Waals surface area contributed by atoms with Crippen LogP contribution in [0.25, 0.3) is 0 Å². The molecule has 6 heteroatoms. The highest BCUT2D eigenvalue weighted by Gasteiger charge is 2.15. The summed E-state index contributed by atoms with van der Waals surface area (Å²) in [5.74, 6) is 1.94. The zero-order valence-corrected chi connectivity index (χ0v) is 16.1. The van der Waals surface area contributed by atoms with Crippen molar-refractivity contribution in [1.82, 2.24) is 15.1 Å². The molecule has 2 aromatic rings. The molecule has 2 rings (SSSR count). The van der Waals surface area contributed by atoms with Gasteiger partial charge in [-0.1, -0.05) is 18.2 Å². The molecule has 0 fully saturated rings. The zero-order valence-electron chi connectivity index (χ0n) is 16.1. The molecule has 1 aromatic heterocycles. The molecule has 0 saturated carbocycles. The molecular weight excluding hydrogens is 316 g/mol. The van der Waals surface area contributed by atoms with Crippen LogP contribution in [0.3, 0.4) is 0 Å². The maximum absolute atomic E-state index is 10.2. The highest BCUT2D eigenvalue weighted by atomic mass is 16.5. The van der Waals surface area contributed by atoms with E-state index in [9.17, 15) is 5.11 Å². The predicted octanol–water partition coefficient (Wildman–Crippen LogP) is 1.94. The summed E-state index contributed by atoms with van der Waals surface area (Å²) in [5.41, 5.74) is 4.32. The van der Waals surface area contributed by atoms with Gasteiger partial charge in [-0.05, 0) is 31.9 Å². The third-order valence-corrected chi connectivity index (χ3v) is 4.25. The fourth-order valence-corrected chi connectivity index (χ4v) is 3.09. The summed E-state index contributed by atoms with van der Waals surface area (Å²) in [4.78, 5) is 2.05. The van der Waals surface area contributed by atoms with Gasteiger partial charge in [-0.25, -0.2) is 0 Å². The highest BCUT2D eigenvalue weighted by molar-refractivity contribution is 5.48. The minimum Gasteiger partial charge on any atom is -0.490 e. The predicted molar refractivity (Wildman–Crippen MR) is 101 cm³/mol. The fourth-order valence-electron chi connectivity index (χ4n) is 3.09. The second-order valence-corrected chi connectivity index (χ2v) is 6.72. The van der Waals surface area contributed by atoms with Gasteiger partial charge in [-0.2, -0.15) is 5.10 Å². The first-order valence-corrected chi connectivity index (χ1v) is 8.58. The molecular formula is C19H30N4O2. The molecule has 0 bridgehead atoms.